The maximum absolute atomic E-state index is 12.3. The van der Waals surface area contributed by atoms with Crippen LogP contribution in [0, 0.1) is 7.14 Å². The van der Waals surface area contributed by atoms with E-state index in [0.717, 1.165) is 29.6 Å². The van der Waals surface area contributed by atoms with E-state index in [0.29, 0.717) is 6.61 Å². The number of nitrogens with one attached hydrogen (secondary N) is 1. The van der Waals surface area contributed by atoms with Crippen molar-refractivity contribution < 1.29 is 9.53 Å². The van der Waals surface area contributed by atoms with Gasteiger partial charge in [0, 0.05) is 0 Å². The Morgan fingerprint density at radius 2 is 1.61 bits per heavy atom. The van der Waals surface area contributed by atoms with Gasteiger partial charge in [0.25, 0.3) is 0 Å². The number of amides is 1. The lowest BCUT2D eigenvalue weighted by Crippen LogP contribution is -2.20. The zero-order chi connectivity index (χ0) is 25.7. The third-order valence-electron chi connectivity index (χ3n) is 5.86. The molecule has 36 heavy (non-hydrogen) atoms. The second kappa shape index (κ2) is 11.7. The summed E-state index contributed by atoms with van der Waals surface area (Å²) in [7, 11) is 0. The Balaban J connectivity index is 1.36. The van der Waals surface area contributed by atoms with Crippen LogP contribution in [0.3, 0.4) is 0 Å². The molecular weight excluding hydrogens is 674 g/mol. The lowest BCUT2D eigenvalue weighted by molar-refractivity contribution is -0.120. The molecule has 0 aliphatic rings. The molecule has 0 saturated heterocycles. The first-order chi connectivity index (χ1) is 17.2. The molecule has 1 N–H and O–H groups in total. The van der Waals surface area contributed by atoms with E-state index >= 15 is 0 Å². The minimum Gasteiger partial charge on any atom is -0.487 e. The number of rotatable bonds is 7. The molecule has 0 radical (unpaired) electrons. The molecule has 0 bridgehead atoms. The second-order valence-electron chi connectivity index (χ2n) is 9.66. The van der Waals surface area contributed by atoms with Gasteiger partial charge < -0.3 is 4.74 Å². The number of halogens is 2. The van der Waals surface area contributed by atoms with Gasteiger partial charge >= 0.3 is 0 Å². The summed E-state index contributed by atoms with van der Waals surface area (Å²) in [4.78, 5) is 12.3. The SMILES string of the molecule is CC(C)(C)c1ccc(CC(=O)N/N=C\c2cc(I)c(OCc3cccc4ccccc34)c(I)c2)cc1. The summed E-state index contributed by atoms with van der Waals surface area (Å²) in [5.74, 6) is 0.707. The normalized spacial score (nSPS) is 11.7. The first-order valence-corrected chi connectivity index (χ1v) is 13.9. The molecule has 6 heteroatoms. The second-order valence-corrected chi connectivity index (χ2v) is 12.0. The van der Waals surface area contributed by atoms with Crippen molar-refractivity contribution in [2.75, 3.05) is 0 Å². The Morgan fingerprint density at radius 1 is 0.944 bits per heavy atom. The summed E-state index contributed by atoms with van der Waals surface area (Å²) < 4.78 is 8.21. The van der Waals surface area contributed by atoms with Crippen molar-refractivity contribution in [3.63, 3.8) is 0 Å². The Hall–Kier alpha value is -2.46. The number of benzene rings is 4. The Morgan fingerprint density at radius 3 is 2.31 bits per heavy atom. The van der Waals surface area contributed by atoms with Gasteiger partial charge in [-0.15, -0.1) is 0 Å². The van der Waals surface area contributed by atoms with Crippen LogP contribution < -0.4 is 10.2 Å². The highest BCUT2D eigenvalue weighted by atomic mass is 127. The Bertz CT molecular complexity index is 1380. The van der Waals surface area contributed by atoms with Gasteiger partial charge in [-0.05, 0) is 95.8 Å². The first-order valence-electron chi connectivity index (χ1n) is 11.7. The molecule has 4 nitrogen and oxygen atoms in total. The third-order valence-corrected chi connectivity index (χ3v) is 7.46. The fourth-order valence-electron chi connectivity index (χ4n) is 3.89. The van der Waals surface area contributed by atoms with Gasteiger partial charge in [-0.3, -0.25) is 4.79 Å². The van der Waals surface area contributed by atoms with Gasteiger partial charge in [0.05, 0.1) is 19.8 Å². The number of ether oxygens (including phenoxy) is 1. The smallest absolute Gasteiger partial charge is 0.244 e. The van der Waals surface area contributed by atoms with E-state index in [1.54, 1.807) is 6.21 Å². The molecule has 0 aliphatic heterocycles. The minimum absolute atomic E-state index is 0.0939. The van der Waals surface area contributed by atoms with Gasteiger partial charge in [0.2, 0.25) is 5.91 Å². The van der Waals surface area contributed by atoms with Crippen LogP contribution in [0.15, 0.2) is 84.0 Å². The molecule has 0 heterocycles. The van der Waals surface area contributed by atoms with Crippen LogP contribution in [0.5, 0.6) is 5.75 Å². The van der Waals surface area contributed by atoms with E-state index in [1.807, 2.05) is 30.3 Å². The van der Waals surface area contributed by atoms with E-state index < -0.39 is 0 Å². The van der Waals surface area contributed by atoms with Crippen molar-refractivity contribution in [3.05, 3.63) is 108 Å². The van der Waals surface area contributed by atoms with Crippen molar-refractivity contribution in [1.82, 2.24) is 5.43 Å². The molecule has 4 rings (SSSR count). The number of fused-ring (bicyclic) bond motifs is 1. The maximum atomic E-state index is 12.3. The molecule has 0 fully saturated rings. The predicted molar refractivity (Wildman–Crippen MR) is 165 cm³/mol. The van der Waals surface area contributed by atoms with Crippen molar-refractivity contribution in [3.8, 4) is 5.75 Å². The Labute approximate surface area is 239 Å². The fourth-order valence-corrected chi connectivity index (χ4v) is 6.01. The zero-order valence-electron chi connectivity index (χ0n) is 20.5. The highest BCUT2D eigenvalue weighted by Gasteiger charge is 2.13. The van der Waals surface area contributed by atoms with Crippen LogP contribution in [0.25, 0.3) is 10.8 Å². The number of hydrogen-bond acceptors (Lipinski definition) is 3. The highest BCUT2D eigenvalue weighted by molar-refractivity contribution is 14.1. The molecule has 0 unspecified atom stereocenters. The quantitative estimate of drug-likeness (QED) is 0.123. The van der Waals surface area contributed by atoms with Gasteiger partial charge in [0.15, 0.2) is 0 Å². The summed E-state index contributed by atoms with van der Waals surface area (Å²) in [5, 5.41) is 6.57. The van der Waals surface area contributed by atoms with Gasteiger partial charge in [-0.1, -0.05) is 87.5 Å². The monoisotopic (exact) mass is 702 g/mol. The number of carbonyl (C=O) groups excluding carboxylic acids is 1. The maximum Gasteiger partial charge on any atom is 0.244 e. The topological polar surface area (TPSA) is 50.7 Å². The standard InChI is InChI=1S/C30H28I2N2O2/c1-30(2,3)24-13-11-20(12-14-24)17-28(35)34-33-18-21-15-26(31)29(27(32)16-21)36-19-23-9-6-8-22-7-4-5-10-25(22)23/h4-16,18H,17,19H2,1-3H3,(H,34,35)/b33-18-. The summed E-state index contributed by atoms with van der Waals surface area (Å²) in [5.41, 5.74) is 7.00. The van der Waals surface area contributed by atoms with Crippen molar-refractivity contribution in [2.45, 2.75) is 39.2 Å². The highest BCUT2D eigenvalue weighted by Crippen LogP contribution is 2.30. The zero-order valence-corrected chi connectivity index (χ0v) is 24.8. The van der Waals surface area contributed by atoms with Crippen LogP contribution in [0.1, 0.15) is 43.0 Å². The molecule has 4 aromatic rings. The first kappa shape index (κ1) is 26.6. The summed E-state index contributed by atoms with van der Waals surface area (Å²) in [6, 6.07) is 26.8. The van der Waals surface area contributed by atoms with E-state index in [-0.39, 0.29) is 17.7 Å². The molecule has 0 aliphatic carbocycles. The fraction of sp³-hybridized carbons (Fsp3) is 0.200. The number of nitrogens with zero attached hydrogens (tertiary/aromatic N) is 1. The summed E-state index contributed by atoms with van der Waals surface area (Å²) >= 11 is 4.56. The van der Waals surface area contributed by atoms with Gasteiger partial charge in [-0.2, -0.15) is 5.10 Å². The molecule has 0 aromatic heterocycles. The van der Waals surface area contributed by atoms with Crippen LogP contribution in [-0.2, 0) is 23.2 Å². The molecule has 4 aromatic carbocycles. The van der Waals surface area contributed by atoms with Crippen LogP contribution in [-0.4, -0.2) is 12.1 Å². The summed E-state index contributed by atoms with van der Waals surface area (Å²) in [6.45, 7) is 7.02. The van der Waals surface area contributed by atoms with Gasteiger partial charge in [-0.25, -0.2) is 5.43 Å². The van der Waals surface area contributed by atoms with E-state index in [2.05, 4.69) is 125 Å². The lowest BCUT2D eigenvalue weighted by Gasteiger charge is -2.19. The largest absolute Gasteiger partial charge is 0.487 e. The molecule has 0 saturated carbocycles. The average Bonchev–Trinajstić information content (AvgIpc) is 2.83. The third kappa shape index (κ3) is 6.85. The Kier molecular flexibility index (Phi) is 8.66. The number of hydrazone groups is 1. The summed E-state index contributed by atoms with van der Waals surface area (Å²) in [6.07, 6.45) is 1.96. The van der Waals surface area contributed by atoms with Crippen molar-refractivity contribution >= 4 is 68.1 Å². The number of hydrogen-bond donors (Lipinski definition) is 1. The molecule has 0 spiro atoms. The van der Waals surface area contributed by atoms with E-state index in [9.17, 15) is 4.79 Å². The molecule has 184 valence electrons. The molecular formula is C30H28I2N2O2. The minimum atomic E-state index is -0.144. The average molecular weight is 702 g/mol. The van der Waals surface area contributed by atoms with Crippen LogP contribution >= 0.6 is 45.2 Å². The molecule has 0 atom stereocenters. The van der Waals surface area contributed by atoms with Crippen molar-refractivity contribution in [1.29, 1.82) is 0 Å². The molecule has 1 amide bonds. The van der Waals surface area contributed by atoms with E-state index in [4.69, 9.17) is 4.74 Å². The number of carbonyl (C=O) groups is 1. The lowest BCUT2D eigenvalue weighted by atomic mass is 9.86. The van der Waals surface area contributed by atoms with Crippen molar-refractivity contribution in [2.24, 2.45) is 5.10 Å². The van der Waals surface area contributed by atoms with E-state index in [1.165, 1.54) is 16.3 Å². The predicted octanol–water partition coefficient (Wildman–Crippen LogP) is 7.62. The van der Waals surface area contributed by atoms with Gasteiger partial charge in [0.1, 0.15) is 12.4 Å². The van der Waals surface area contributed by atoms with Crippen LogP contribution in [0.2, 0.25) is 0 Å². The van der Waals surface area contributed by atoms with Crippen LogP contribution in [0.4, 0.5) is 0 Å².